The summed E-state index contributed by atoms with van der Waals surface area (Å²) in [5.74, 6) is -0.815. The number of halogens is 3. The lowest BCUT2D eigenvalue weighted by molar-refractivity contribution is 0.246. The molecule has 6 nitrogen and oxygen atoms in total. The van der Waals surface area contributed by atoms with Crippen molar-refractivity contribution in [3.05, 3.63) is 65.2 Å². The Balaban J connectivity index is 1.28. The third kappa shape index (κ3) is 4.15. The molecule has 3 aromatic rings. The average Bonchev–Trinajstić information content (AvgIpc) is 3.37. The molecule has 9 heteroatoms. The highest BCUT2D eigenvalue weighted by Crippen LogP contribution is 2.35. The summed E-state index contributed by atoms with van der Waals surface area (Å²) in [4.78, 5) is 14.2. The van der Waals surface area contributed by atoms with Crippen molar-refractivity contribution < 1.29 is 22.7 Å². The largest absolute Gasteiger partial charge is 0.493 e. The summed E-state index contributed by atoms with van der Waals surface area (Å²) in [7, 11) is 0. The first kappa shape index (κ1) is 20.4. The van der Waals surface area contributed by atoms with Crippen LogP contribution in [0.5, 0.6) is 5.75 Å². The van der Waals surface area contributed by atoms with Crippen LogP contribution >= 0.6 is 0 Å². The van der Waals surface area contributed by atoms with E-state index in [0.29, 0.717) is 42.5 Å². The number of anilines is 1. The van der Waals surface area contributed by atoms with Crippen LogP contribution in [-0.4, -0.2) is 29.4 Å². The Morgan fingerprint density at radius 1 is 1.16 bits per heavy atom. The molecule has 2 amide bonds. The van der Waals surface area contributed by atoms with E-state index in [1.54, 1.807) is 12.1 Å². The molecule has 0 saturated heterocycles. The molecule has 1 aliphatic heterocycles. The number of hydrogen-bond acceptors (Lipinski definition) is 3. The highest BCUT2D eigenvalue weighted by Gasteiger charge is 2.27. The summed E-state index contributed by atoms with van der Waals surface area (Å²) in [6, 6.07) is 6.73. The van der Waals surface area contributed by atoms with Crippen LogP contribution in [0.25, 0.3) is 11.1 Å². The van der Waals surface area contributed by atoms with Crippen LogP contribution in [0.2, 0.25) is 0 Å². The monoisotopic (exact) mass is 442 g/mol. The third-order valence-electron chi connectivity index (χ3n) is 5.75. The van der Waals surface area contributed by atoms with Gasteiger partial charge in [0.05, 0.1) is 24.1 Å². The van der Waals surface area contributed by atoms with E-state index in [1.807, 2.05) is 0 Å². The molecule has 0 radical (unpaired) electrons. The maximum Gasteiger partial charge on any atom is 0.322 e. The fraction of sp³-hybridized carbons (Fsp3) is 0.304. The van der Waals surface area contributed by atoms with Gasteiger partial charge in [0.25, 0.3) is 0 Å². The Bertz CT molecular complexity index is 1180. The van der Waals surface area contributed by atoms with E-state index in [0.717, 1.165) is 18.4 Å². The maximum atomic E-state index is 14.7. The molecular formula is C23H21F3N4O2. The number of rotatable bonds is 6. The molecule has 2 aromatic carbocycles. The van der Waals surface area contributed by atoms with Crippen LogP contribution in [0.3, 0.4) is 0 Å². The molecule has 0 spiro atoms. The molecule has 1 aliphatic carbocycles. The molecular weight excluding hydrogens is 421 g/mol. The maximum absolute atomic E-state index is 14.7. The SMILES string of the molecule is O=C(NCc1cc(F)cc(OCC2CC2)c1)N1CCc2cc(-c3cn[nH]c3F)c(F)cc21. The van der Waals surface area contributed by atoms with E-state index < -0.39 is 23.6 Å². The number of benzene rings is 2. The molecule has 1 saturated carbocycles. The Morgan fingerprint density at radius 2 is 2.00 bits per heavy atom. The quantitative estimate of drug-likeness (QED) is 0.588. The van der Waals surface area contributed by atoms with Gasteiger partial charge in [-0.15, -0.1) is 0 Å². The number of carbonyl (C=O) groups excluding carboxylic acids is 1. The number of aromatic amines is 1. The second kappa shape index (κ2) is 8.22. The molecule has 1 fully saturated rings. The van der Waals surface area contributed by atoms with E-state index >= 15 is 0 Å². The fourth-order valence-electron chi connectivity index (χ4n) is 3.87. The van der Waals surface area contributed by atoms with Crippen molar-refractivity contribution in [1.29, 1.82) is 0 Å². The second-order valence-electron chi connectivity index (χ2n) is 8.17. The van der Waals surface area contributed by atoms with Gasteiger partial charge in [-0.2, -0.15) is 9.49 Å². The van der Waals surface area contributed by atoms with Crippen LogP contribution in [0.4, 0.5) is 23.7 Å². The zero-order chi connectivity index (χ0) is 22.2. The number of H-pyrrole nitrogens is 1. The summed E-state index contributed by atoms with van der Waals surface area (Å²) in [5, 5.41) is 8.49. The molecule has 2 heterocycles. The van der Waals surface area contributed by atoms with Crippen LogP contribution in [0.15, 0.2) is 36.5 Å². The predicted octanol–water partition coefficient (Wildman–Crippen LogP) is 4.56. The van der Waals surface area contributed by atoms with Gasteiger partial charge in [0.1, 0.15) is 17.4 Å². The number of amides is 2. The van der Waals surface area contributed by atoms with Gasteiger partial charge in [-0.05, 0) is 60.6 Å². The van der Waals surface area contributed by atoms with E-state index in [4.69, 9.17) is 4.74 Å². The van der Waals surface area contributed by atoms with E-state index in [1.165, 1.54) is 29.3 Å². The number of carbonyl (C=O) groups is 1. The molecule has 1 aromatic heterocycles. The number of aromatic nitrogens is 2. The van der Waals surface area contributed by atoms with Crippen molar-refractivity contribution in [3.63, 3.8) is 0 Å². The minimum atomic E-state index is -0.716. The van der Waals surface area contributed by atoms with Crippen molar-refractivity contribution in [2.24, 2.45) is 5.92 Å². The van der Waals surface area contributed by atoms with Crippen molar-refractivity contribution >= 4 is 11.7 Å². The number of ether oxygens (including phenoxy) is 1. The van der Waals surface area contributed by atoms with Gasteiger partial charge in [-0.1, -0.05) is 0 Å². The van der Waals surface area contributed by atoms with Gasteiger partial charge in [0.2, 0.25) is 5.95 Å². The summed E-state index contributed by atoms with van der Waals surface area (Å²) in [6.45, 7) is 1.02. The summed E-state index contributed by atoms with van der Waals surface area (Å²) >= 11 is 0. The van der Waals surface area contributed by atoms with Crippen LogP contribution < -0.4 is 15.0 Å². The van der Waals surface area contributed by atoms with E-state index in [9.17, 15) is 18.0 Å². The van der Waals surface area contributed by atoms with Crippen LogP contribution in [0, 0.1) is 23.5 Å². The summed E-state index contributed by atoms with van der Waals surface area (Å²) < 4.78 is 48.0. The zero-order valence-corrected chi connectivity index (χ0v) is 17.1. The van der Waals surface area contributed by atoms with Gasteiger partial charge < -0.3 is 10.1 Å². The third-order valence-corrected chi connectivity index (χ3v) is 5.75. The van der Waals surface area contributed by atoms with Crippen LogP contribution in [0.1, 0.15) is 24.0 Å². The standard InChI is InChI=1S/C23H21F3N4O2/c24-16-5-14(6-17(8-16)32-12-13-1-2-13)10-27-23(31)30-4-3-15-7-18(20(25)9-21(15)30)19-11-28-29-22(19)26/h5-9,11,13H,1-4,10,12H2,(H,27,31)(H,28,29). The molecule has 0 atom stereocenters. The fourth-order valence-corrected chi connectivity index (χ4v) is 3.87. The van der Waals surface area contributed by atoms with Gasteiger partial charge in [0.15, 0.2) is 0 Å². The van der Waals surface area contributed by atoms with E-state index in [2.05, 4.69) is 15.5 Å². The van der Waals surface area contributed by atoms with Crippen LogP contribution in [-0.2, 0) is 13.0 Å². The topological polar surface area (TPSA) is 70.2 Å². The molecule has 2 aliphatic rings. The predicted molar refractivity (Wildman–Crippen MR) is 112 cm³/mol. The van der Waals surface area contributed by atoms with E-state index in [-0.39, 0.29) is 17.7 Å². The van der Waals surface area contributed by atoms with Crippen molar-refractivity contribution in [2.45, 2.75) is 25.8 Å². The number of hydrogen-bond donors (Lipinski definition) is 2. The highest BCUT2D eigenvalue weighted by molar-refractivity contribution is 5.94. The first-order valence-corrected chi connectivity index (χ1v) is 10.5. The smallest absolute Gasteiger partial charge is 0.322 e. The minimum absolute atomic E-state index is 0.0408. The Hall–Kier alpha value is -3.49. The lowest BCUT2D eigenvalue weighted by atomic mass is 10.0. The number of nitrogens with zero attached hydrogens (tertiary/aromatic N) is 2. The zero-order valence-electron chi connectivity index (χ0n) is 17.1. The highest BCUT2D eigenvalue weighted by atomic mass is 19.1. The molecule has 0 unspecified atom stereocenters. The van der Waals surface area contributed by atoms with Gasteiger partial charge in [-0.25, -0.2) is 13.6 Å². The lowest BCUT2D eigenvalue weighted by Crippen LogP contribution is -2.38. The number of urea groups is 1. The molecule has 0 bridgehead atoms. The van der Waals surface area contributed by atoms with Crippen molar-refractivity contribution in [3.8, 4) is 16.9 Å². The Labute approximate surface area is 182 Å². The van der Waals surface area contributed by atoms with Gasteiger partial charge in [0, 0.05) is 24.7 Å². The molecule has 5 rings (SSSR count). The Morgan fingerprint density at radius 3 is 2.75 bits per heavy atom. The van der Waals surface area contributed by atoms with Gasteiger partial charge >= 0.3 is 6.03 Å². The average molecular weight is 442 g/mol. The van der Waals surface area contributed by atoms with Crippen molar-refractivity contribution in [2.75, 3.05) is 18.1 Å². The lowest BCUT2D eigenvalue weighted by Gasteiger charge is -2.19. The molecule has 166 valence electrons. The van der Waals surface area contributed by atoms with Gasteiger partial charge in [-0.3, -0.25) is 10.00 Å². The molecule has 2 N–H and O–H groups in total. The van der Waals surface area contributed by atoms with Crippen molar-refractivity contribution in [1.82, 2.24) is 15.5 Å². The first-order valence-electron chi connectivity index (χ1n) is 10.5. The normalized spacial score (nSPS) is 15.0. The summed E-state index contributed by atoms with van der Waals surface area (Å²) in [5.41, 5.74) is 1.87. The number of fused-ring (bicyclic) bond motifs is 1. The Kier molecular flexibility index (Phi) is 5.24. The number of nitrogens with one attached hydrogen (secondary N) is 2. The summed E-state index contributed by atoms with van der Waals surface area (Å²) in [6.07, 6.45) is 4.00. The molecule has 32 heavy (non-hydrogen) atoms. The minimum Gasteiger partial charge on any atom is -0.493 e. The second-order valence-corrected chi connectivity index (χ2v) is 8.17. The first-order chi connectivity index (χ1) is 15.5.